The van der Waals surface area contributed by atoms with Gasteiger partial charge in [0, 0.05) is 0 Å². The topological polar surface area (TPSA) is 38.0 Å². The zero-order valence-corrected chi connectivity index (χ0v) is 5.32. The molecule has 4 heteroatoms. The molecule has 0 aromatic heterocycles. The molecule has 0 unspecified atom stereocenters. The Hall–Kier alpha value is -1.16. The second-order valence-electron chi connectivity index (χ2n) is 1.49. The summed E-state index contributed by atoms with van der Waals surface area (Å²) in [6.07, 6.45) is 0.734. The lowest BCUT2D eigenvalue weighted by atomic mass is 10.3. The summed E-state index contributed by atoms with van der Waals surface area (Å²) in [7, 11) is 0. The van der Waals surface area contributed by atoms with Gasteiger partial charge in [0.15, 0.2) is 11.7 Å². The fraction of sp³-hybridized carbons (Fsp3) is 0. The van der Waals surface area contributed by atoms with Crippen molar-refractivity contribution in [1.82, 2.24) is 5.43 Å². The van der Waals surface area contributed by atoms with Crippen molar-refractivity contribution in [2.75, 3.05) is 0 Å². The Bertz CT molecular complexity index is 184. The van der Waals surface area contributed by atoms with E-state index in [-0.39, 0.29) is 5.70 Å². The second-order valence-corrected chi connectivity index (χ2v) is 1.49. The normalized spacial score (nSPS) is 11.9. The monoisotopic (exact) mass is 146 g/mol. The van der Waals surface area contributed by atoms with E-state index >= 15 is 0 Å². The highest BCUT2D eigenvalue weighted by Gasteiger charge is 2.04. The summed E-state index contributed by atoms with van der Waals surface area (Å²) in [5.41, 5.74) is 1.56. The zero-order chi connectivity index (χ0) is 8.15. The molecule has 3 N–H and O–H groups in total. The van der Waals surface area contributed by atoms with Crippen molar-refractivity contribution in [1.29, 1.82) is 0 Å². The Labute approximate surface area is 57.7 Å². The minimum absolute atomic E-state index is 0.308. The highest BCUT2D eigenvalue weighted by atomic mass is 19.2. The first-order valence-electron chi connectivity index (χ1n) is 2.47. The molecule has 0 bridgehead atoms. The molecule has 0 radical (unpaired) electrons. The van der Waals surface area contributed by atoms with Crippen LogP contribution < -0.4 is 11.3 Å². The van der Waals surface area contributed by atoms with Gasteiger partial charge >= 0.3 is 0 Å². The Morgan fingerprint density at radius 3 is 2.30 bits per heavy atom. The second kappa shape index (κ2) is 3.79. The van der Waals surface area contributed by atoms with Gasteiger partial charge in [0.1, 0.15) is 0 Å². The van der Waals surface area contributed by atoms with Crippen molar-refractivity contribution in [3.8, 4) is 0 Å². The maximum absolute atomic E-state index is 12.4. The van der Waals surface area contributed by atoms with Crippen molar-refractivity contribution >= 4 is 0 Å². The van der Waals surface area contributed by atoms with Gasteiger partial charge in [-0.25, -0.2) is 8.78 Å². The van der Waals surface area contributed by atoms with Gasteiger partial charge in [0.2, 0.25) is 0 Å². The number of hydrogen-bond donors (Lipinski definition) is 2. The van der Waals surface area contributed by atoms with Gasteiger partial charge in [-0.2, -0.15) is 0 Å². The molecule has 0 amide bonds. The van der Waals surface area contributed by atoms with Crippen LogP contribution in [-0.4, -0.2) is 0 Å². The largest absolute Gasteiger partial charge is 0.322 e. The Balaban J connectivity index is 4.45. The van der Waals surface area contributed by atoms with E-state index in [9.17, 15) is 8.78 Å². The molecular formula is C6H8F2N2. The van der Waals surface area contributed by atoms with Crippen LogP contribution in [0.25, 0.3) is 0 Å². The lowest BCUT2D eigenvalue weighted by molar-refractivity contribution is 0.552. The van der Waals surface area contributed by atoms with Crippen LogP contribution in [0, 0.1) is 0 Å². The minimum atomic E-state index is -1.13. The molecule has 0 rings (SSSR count). The number of halogens is 2. The van der Waals surface area contributed by atoms with Gasteiger partial charge in [0.05, 0.1) is 5.70 Å². The van der Waals surface area contributed by atoms with Crippen molar-refractivity contribution < 1.29 is 8.78 Å². The summed E-state index contributed by atoms with van der Waals surface area (Å²) >= 11 is 0. The Morgan fingerprint density at radius 2 is 2.00 bits per heavy atom. The Morgan fingerprint density at radius 1 is 1.50 bits per heavy atom. The van der Waals surface area contributed by atoms with Crippen molar-refractivity contribution in [3.63, 3.8) is 0 Å². The van der Waals surface area contributed by atoms with Crippen LogP contribution in [0.15, 0.2) is 36.6 Å². The predicted octanol–water partition coefficient (Wildman–Crippen LogP) is 1.30. The first-order chi connectivity index (χ1) is 4.63. The van der Waals surface area contributed by atoms with E-state index in [0.29, 0.717) is 0 Å². The molecule has 2 nitrogen and oxygen atoms in total. The number of hydrogen-bond acceptors (Lipinski definition) is 2. The lowest BCUT2D eigenvalue weighted by Gasteiger charge is -1.99. The molecule has 0 saturated carbocycles. The molecule has 0 aromatic carbocycles. The first kappa shape index (κ1) is 8.84. The quantitative estimate of drug-likeness (QED) is 0.358. The van der Waals surface area contributed by atoms with Crippen LogP contribution in [0.4, 0.5) is 8.78 Å². The number of rotatable bonds is 3. The van der Waals surface area contributed by atoms with E-state index < -0.39 is 11.7 Å². The third-order valence-electron chi connectivity index (χ3n) is 0.828. The van der Waals surface area contributed by atoms with Gasteiger partial charge in [-0.05, 0) is 6.08 Å². The first-order valence-corrected chi connectivity index (χ1v) is 2.47. The standard InChI is InChI=1S/C6H8F2N2/c1-3-5(7)6(8)4(2)10-9/h3,10H,1-2,9H2/b6-5-. The summed E-state index contributed by atoms with van der Waals surface area (Å²) in [6, 6.07) is 0. The maximum Gasteiger partial charge on any atom is 0.182 e. The van der Waals surface area contributed by atoms with Crippen molar-refractivity contribution in [2.45, 2.75) is 0 Å². The highest BCUT2D eigenvalue weighted by Crippen LogP contribution is 2.13. The van der Waals surface area contributed by atoms with E-state index in [1.807, 2.05) is 5.43 Å². The summed E-state index contributed by atoms with van der Waals surface area (Å²) in [4.78, 5) is 0. The molecule has 10 heavy (non-hydrogen) atoms. The molecule has 0 aliphatic carbocycles. The molecule has 0 aliphatic heterocycles. The van der Waals surface area contributed by atoms with E-state index in [2.05, 4.69) is 13.2 Å². The van der Waals surface area contributed by atoms with Crippen LogP contribution in [0.2, 0.25) is 0 Å². The highest BCUT2D eigenvalue weighted by molar-refractivity contribution is 5.27. The minimum Gasteiger partial charge on any atom is -0.322 e. The fourth-order valence-corrected chi connectivity index (χ4v) is 0.297. The number of hydrazine groups is 1. The molecule has 0 spiro atoms. The number of allylic oxidation sites excluding steroid dienone is 3. The average Bonchev–Trinajstić information content (AvgIpc) is 2.00. The SMILES string of the molecule is C=C/C(F)=C(/F)C(=C)NN. The van der Waals surface area contributed by atoms with Gasteiger partial charge in [-0.3, -0.25) is 5.84 Å². The summed E-state index contributed by atoms with van der Waals surface area (Å²) < 4.78 is 24.6. The molecular weight excluding hydrogens is 138 g/mol. The Kier molecular flexibility index (Phi) is 3.35. The summed E-state index contributed by atoms with van der Waals surface area (Å²) in [6.45, 7) is 6.10. The molecule has 0 aliphatic rings. The maximum atomic E-state index is 12.4. The average molecular weight is 146 g/mol. The van der Waals surface area contributed by atoms with Gasteiger partial charge in [-0.1, -0.05) is 13.2 Å². The van der Waals surface area contributed by atoms with Crippen LogP contribution in [0.1, 0.15) is 0 Å². The lowest BCUT2D eigenvalue weighted by Crippen LogP contribution is -2.20. The summed E-state index contributed by atoms with van der Waals surface area (Å²) in [5.74, 6) is 2.53. The van der Waals surface area contributed by atoms with Gasteiger partial charge in [0.25, 0.3) is 0 Å². The smallest absolute Gasteiger partial charge is 0.182 e. The van der Waals surface area contributed by atoms with E-state index in [1.54, 1.807) is 0 Å². The molecule has 0 fully saturated rings. The molecule has 0 heterocycles. The molecule has 0 saturated heterocycles. The van der Waals surface area contributed by atoms with Crippen LogP contribution in [0.5, 0.6) is 0 Å². The molecule has 0 atom stereocenters. The number of nitrogens with two attached hydrogens (primary N) is 1. The van der Waals surface area contributed by atoms with Gasteiger partial charge < -0.3 is 5.43 Å². The fourth-order valence-electron chi connectivity index (χ4n) is 0.297. The van der Waals surface area contributed by atoms with Gasteiger partial charge in [-0.15, -0.1) is 0 Å². The van der Waals surface area contributed by atoms with E-state index in [0.717, 1.165) is 6.08 Å². The van der Waals surface area contributed by atoms with Crippen LogP contribution in [-0.2, 0) is 0 Å². The van der Waals surface area contributed by atoms with Crippen molar-refractivity contribution in [2.24, 2.45) is 5.84 Å². The van der Waals surface area contributed by atoms with Crippen molar-refractivity contribution in [3.05, 3.63) is 36.6 Å². The number of nitrogens with one attached hydrogen (secondary N) is 1. The molecule has 56 valence electrons. The molecule has 0 aromatic rings. The predicted molar refractivity (Wildman–Crippen MR) is 35.9 cm³/mol. The van der Waals surface area contributed by atoms with E-state index in [1.165, 1.54) is 0 Å². The summed E-state index contributed by atoms with van der Waals surface area (Å²) in [5, 5.41) is 0. The van der Waals surface area contributed by atoms with E-state index in [4.69, 9.17) is 5.84 Å². The zero-order valence-electron chi connectivity index (χ0n) is 5.32. The van der Waals surface area contributed by atoms with Crippen LogP contribution in [0.3, 0.4) is 0 Å². The third-order valence-corrected chi connectivity index (χ3v) is 0.828. The third kappa shape index (κ3) is 1.99. The van der Waals surface area contributed by atoms with Crippen LogP contribution >= 0.6 is 0 Å².